The van der Waals surface area contributed by atoms with Crippen LogP contribution in [0.1, 0.15) is 11.1 Å². The van der Waals surface area contributed by atoms with Crippen molar-refractivity contribution in [2.45, 2.75) is 13.8 Å². The molecule has 2 aromatic rings. The molecule has 0 aliphatic rings. The lowest BCUT2D eigenvalue weighted by atomic mass is 10.1. The second-order valence-electron chi connectivity index (χ2n) is 6.32. The quantitative estimate of drug-likeness (QED) is 0.801. The number of anilines is 2. The van der Waals surface area contributed by atoms with Gasteiger partial charge in [0.2, 0.25) is 11.8 Å². The molecule has 6 nitrogen and oxygen atoms in total. The van der Waals surface area contributed by atoms with E-state index in [-0.39, 0.29) is 24.9 Å². The smallest absolute Gasteiger partial charge is 0.238 e. The van der Waals surface area contributed by atoms with Gasteiger partial charge in [-0.3, -0.25) is 14.5 Å². The van der Waals surface area contributed by atoms with Gasteiger partial charge in [0.25, 0.3) is 0 Å². The van der Waals surface area contributed by atoms with Gasteiger partial charge in [-0.05, 0) is 44.7 Å². The molecule has 0 unspecified atom stereocenters. The van der Waals surface area contributed by atoms with Crippen LogP contribution >= 0.6 is 0 Å². The highest BCUT2D eigenvalue weighted by atomic mass is 16.5. The van der Waals surface area contributed by atoms with Gasteiger partial charge in [0.15, 0.2) is 0 Å². The molecule has 0 spiro atoms. The van der Waals surface area contributed by atoms with Crippen molar-refractivity contribution in [1.29, 1.82) is 0 Å². The SMILES string of the molecule is COc1cccc(NC(=O)CN(C)CC(=O)Nc2ccc(C)cc2C)c1. The minimum absolute atomic E-state index is 0.109. The fourth-order valence-electron chi connectivity index (χ4n) is 2.59. The van der Waals surface area contributed by atoms with E-state index in [0.29, 0.717) is 11.4 Å². The fourth-order valence-corrected chi connectivity index (χ4v) is 2.59. The highest BCUT2D eigenvalue weighted by Crippen LogP contribution is 2.17. The van der Waals surface area contributed by atoms with Gasteiger partial charge in [-0.15, -0.1) is 0 Å². The predicted molar refractivity (Wildman–Crippen MR) is 104 cm³/mol. The second-order valence-corrected chi connectivity index (χ2v) is 6.32. The Hall–Kier alpha value is -2.86. The summed E-state index contributed by atoms with van der Waals surface area (Å²) in [4.78, 5) is 26.0. The van der Waals surface area contributed by atoms with Gasteiger partial charge in [0, 0.05) is 17.4 Å². The molecule has 0 saturated heterocycles. The summed E-state index contributed by atoms with van der Waals surface area (Å²) in [5.41, 5.74) is 3.60. The molecule has 0 bridgehead atoms. The van der Waals surface area contributed by atoms with E-state index in [4.69, 9.17) is 4.74 Å². The van der Waals surface area contributed by atoms with Gasteiger partial charge in [-0.1, -0.05) is 23.8 Å². The third-order valence-electron chi connectivity index (χ3n) is 3.84. The number of carbonyl (C=O) groups excluding carboxylic acids is 2. The summed E-state index contributed by atoms with van der Waals surface area (Å²) < 4.78 is 5.13. The summed E-state index contributed by atoms with van der Waals surface area (Å²) in [7, 11) is 3.30. The van der Waals surface area contributed by atoms with Crippen LogP contribution in [-0.2, 0) is 9.59 Å². The van der Waals surface area contributed by atoms with Crippen LogP contribution < -0.4 is 15.4 Å². The summed E-state index contributed by atoms with van der Waals surface area (Å²) in [6, 6.07) is 13.0. The molecule has 2 aromatic carbocycles. The fraction of sp³-hybridized carbons (Fsp3) is 0.300. The van der Waals surface area contributed by atoms with Gasteiger partial charge in [0.05, 0.1) is 20.2 Å². The average Bonchev–Trinajstić information content (AvgIpc) is 2.57. The monoisotopic (exact) mass is 355 g/mol. The number of hydrogen-bond acceptors (Lipinski definition) is 4. The molecular weight excluding hydrogens is 330 g/mol. The van der Waals surface area contributed by atoms with Crippen LogP contribution in [0.2, 0.25) is 0 Å². The van der Waals surface area contributed by atoms with Crippen LogP contribution in [0.4, 0.5) is 11.4 Å². The minimum Gasteiger partial charge on any atom is -0.497 e. The topological polar surface area (TPSA) is 70.7 Å². The molecule has 2 rings (SSSR count). The lowest BCUT2D eigenvalue weighted by Crippen LogP contribution is -2.36. The van der Waals surface area contributed by atoms with Crippen molar-refractivity contribution in [2.75, 3.05) is 37.9 Å². The molecule has 0 atom stereocenters. The number of nitrogens with one attached hydrogen (secondary N) is 2. The molecular formula is C20H25N3O3. The largest absolute Gasteiger partial charge is 0.497 e. The van der Waals surface area contributed by atoms with Crippen molar-refractivity contribution in [2.24, 2.45) is 0 Å². The first-order chi connectivity index (χ1) is 12.4. The van der Waals surface area contributed by atoms with Crippen molar-refractivity contribution >= 4 is 23.2 Å². The van der Waals surface area contributed by atoms with Crippen LogP contribution in [0.5, 0.6) is 5.75 Å². The Morgan fingerprint density at radius 2 is 1.69 bits per heavy atom. The van der Waals surface area contributed by atoms with Gasteiger partial charge in [-0.25, -0.2) is 0 Å². The Labute approximate surface area is 154 Å². The highest BCUT2D eigenvalue weighted by molar-refractivity contribution is 5.95. The minimum atomic E-state index is -0.194. The Morgan fingerprint density at radius 3 is 2.35 bits per heavy atom. The predicted octanol–water partition coefficient (Wildman–Crippen LogP) is 2.82. The van der Waals surface area contributed by atoms with Crippen LogP contribution in [0.3, 0.4) is 0 Å². The van der Waals surface area contributed by atoms with E-state index in [1.807, 2.05) is 32.0 Å². The van der Waals surface area contributed by atoms with Crippen LogP contribution in [0.25, 0.3) is 0 Å². The maximum Gasteiger partial charge on any atom is 0.238 e. The third kappa shape index (κ3) is 5.89. The second kappa shape index (κ2) is 9.01. The van der Waals surface area contributed by atoms with Crippen molar-refractivity contribution in [3.05, 3.63) is 53.6 Å². The van der Waals surface area contributed by atoms with E-state index in [1.54, 1.807) is 43.3 Å². The van der Waals surface area contributed by atoms with Crippen molar-refractivity contribution in [3.8, 4) is 5.75 Å². The maximum absolute atomic E-state index is 12.2. The molecule has 0 aliphatic heterocycles. The zero-order valence-electron chi connectivity index (χ0n) is 15.6. The van der Waals surface area contributed by atoms with Gasteiger partial charge < -0.3 is 15.4 Å². The first-order valence-corrected chi connectivity index (χ1v) is 8.37. The van der Waals surface area contributed by atoms with E-state index >= 15 is 0 Å². The normalized spacial score (nSPS) is 10.5. The molecule has 0 aliphatic carbocycles. The number of likely N-dealkylation sites (N-methyl/N-ethyl adjacent to an activating group) is 1. The van der Waals surface area contributed by atoms with Crippen LogP contribution in [0, 0.1) is 13.8 Å². The molecule has 0 fully saturated rings. The number of rotatable bonds is 7. The number of hydrogen-bond donors (Lipinski definition) is 2. The maximum atomic E-state index is 12.2. The van der Waals surface area contributed by atoms with E-state index in [9.17, 15) is 9.59 Å². The Morgan fingerprint density at radius 1 is 1.00 bits per heavy atom. The first kappa shape index (κ1) is 19.5. The molecule has 138 valence electrons. The molecule has 0 saturated carbocycles. The molecule has 0 radical (unpaired) electrons. The Balaban J connectivity index is 1.84. The molecule has 2 N–H and O–H groups in total. The molecule has 6 heteroatoms. The lowest BCUT2D eigenvalue weighted by Gasteiger charge is -2.17. The number of nitrogens with zero attached hydrogens (tertiary/aromatic N) is 1. The molecule has 2 amide bonds. The highest BCUT2D eigenvalue weighted by Gasteiger charge is 2.12. The van der Waals surface area contributed by atoms with Crippen molar-refractivity contribution in [3.63, 3.8) is 0 Å². The number of amides is 2. The summed E-state index contributed by atoms with van der Waals surface area (Å²) in [5.74, 6) is 0.317. The summed E-state index contributed by atoms with van der Waals surface area (Å²) in [5, 5.41) is 5.67. The van der Waals surface area contributed by atoms with Crippen molar-refractivity contribution < 1.29 is 14.3 Å². The van der Waals surface area contributed by atoms with E-state index < -0.39 is 0 Å². The Kier molecular flexibility index (Phi) is 6.74. The summed E-state index contributed by atoms with van der Waals surface area (Å²) >= 11 is 0. The van der Waals surface area contributed by atoms with Crippen LogP contribution in [-0.4, -0.2) is 44.0 Å². The molecule has 26 heavy (non-hydrogen) atoms. The van der Waals surface area contributed by atoms with Gasteiger partial charge in [-0.2, -0.15) is 0 Å². The third-order valence-corrected chi connectivity index (χ3v) is 3.84. The van der Waals surface area contributed by atoms with E-state index in [1.165, 1.54) is 0 Å². The molecule has 0 heterocycles. The number of ether oxygens (including phenoxy) is 1. The number of aryl methyl sites for hydroxylation is 2. The number of benzene rings is 2. The number of methoxy groups -OCH3 is 1. The van der Waals surface area contributed by atoms with Gasteiger partial charge >= 0.3 is 0 Å². The van der Waals surface area contributed by atoms with E-state index in [0.717, 1.165) is 16.8 Å². The zero-order valence-corrected chi connectivity index (χ0v) is 15.6. The summed E-state index contributed by atoms with van der Waals surface area (Å²) in [6.07, 6.45) is 0. The van der Waals surface area contributed by atoms with Crippen molar-refractivity contribution in [1.82, 2.24) is 4.90 Å². The lowest BCUT2D eigenvalue weighted by molar-refractivity contribution is -0.119. The molecule has 0 aromatic heterocycles. The van der Waals surface area contributed by atoms with Crippen LogP contribution in [0.15, 0.2) is 42.5 Å². The van der Waals surface area contributed by atoms with E-state index in [2.05, 4.69) is 10.6 Å². The summed E-state index contributed by atoms with van der Waals surface area (Å²) in [6.45, 7) is 4.19. The Bertz CT molecular complexity index is 790. The van der Waals surface area contributed by atoms with Gasteiger partial charge in [0.1, 0.15) is 5.75 Å². The average molecular weight is 355 g/mol. The standard InChI is InChI=1S/C20H25N3O3/c1-14-8-9-18(15(2)10-14)22-20(25)13-23(3)12-19(24)21-16-6-5-7-17(11-16)26-4/h5-11H,12-13H2,1-4H3,(H,21,24)(H,22,25). The zero-order chi connectivity index (χ0) is 19.1. The first-order valence-electron chi connectivity index (χ1n) is 8.37. The number of carbonyl (C=O) groups is 2.